The van der Waals surface area contributed by atoms with Crippen LogP contribution < -0.4 is 0 Å². The molecule has 1 aliphatic rings. The lowest BCUT2D eigenvalue weighted by Crippen LogP contribution is -2.44. The van der Waals surface area contributed by atoms with Gasteiger partial charge in [-0.15, -0.1) is 0 Å². The Kier molecular flexibility index (Phi) is 2.02. The highest BCUT2D eigenvalue weighted by Gasteiger charge is 2.29. The van der Waals surface area contributed by atoms with E-state index in [-0.39, 0.29) is 0 Å². The first-order valence-corrected chi connectivity index (χ1v) is 2.87. The van der Waals surface area contributed by atoms with Gasteiger partial charge in [0.2, 0.25) is 0 Å². The summed E-state index contributed by atoms with van der Waals surface area (Å²) >= 11 is 0. The van der Waals surface area contributed by atoms with Crippen molar-refractivity contribution in [1.82, 2.24) is 0 Å². The molecule has 3 N–H and O–H groups in total. The van der Waals surface area contributed by atoms with E-state index in [9.17, 15) is 0 Å². The fourth-order valence-corrected chi connectivity index (χ4v) is 0.769. The normalized spacial score (nSPS) is 45.0. The van der Waals surface area contributed by atoms with E-state index in [0.717, 1.165) is 0 Å². The average molecular weight is 134 g/mol. The van der Waals surface area contributed by atoms with Crippen molar-refractivity contribution in [2.45, 2.75) is 24.9 Å². The summed E-state index contributed by atoms with van der Waals surface area (Å²) in [6.07, 6.45) is -2.81. The molecule has 0 bridgehead atoms. The quantitative estimate of drug-likeness (QED) is 0.375. The lowest BCUT2D eigenvalue weighted by Gasteiger charge is -2.27. The average Bonchev–Trinajstić information content (AvgIpc) is 1.83. The van der Waals surface area contributed by atoms with Gasteiger partial charge in [-0.05, 0) is 6.42 Å². The van der Waals surface area contributed by atoms with Gasteiger partial charge < -0.3 is 20.1 Å². The van der Waals surface area contributed by atoms with Gasteiger partial charge in [0, 0.05) is 0 Å². The fraction of sp³-hybridized carbons (Fsp3) is 1.00. The molecule has 1 saturated heterocycles. The van der Waals surface area contributed by atoms with Crippen LogP contribution in [0.2, 0.25) is 0 Å². The monoisotopic (exact) mass is 134 g/mol. The number of rotatable bonds is 0. The van der Waals surface area contributed by atoms with Gasteiger partial charge >= 0.3 is 0 Å². The van der Waals surface area contributed by atoms with E-state index in [2.05, 4.69) is 4.74 Å². The van der Waals surface area contributed by atoms with Crippen molar-refractivity contribution in [2.24, 2.45) is 0 Å². The first-order chi connectivity index (χ1) is 4.22. The highest BCUT2D eigenvalue weighted by atomic mass is 16.6. The fourth-order valence-electron chi connectivity index (χ4n) is 0.769. The summed E-state index contributed by atoms with van der Waals surface area (Å²) in [5, 5.41) is 26.4. The Morgan fingerprint density at radius 1 is 1.22 bits per heavy atom. The van der Waals surface area contributed by atoms with Gasteiger partial charge in [0.15, 0.2) is 6.29 Å². The first-order valence-electron chi connectivity index (χ1n) is 2.87. The largest absolute Gasteiger partial charge is 0.390 e. The lowest BCUT2D eigenvalue weighted by atomic mass is 10.1. The number of hydrogen-bond donors (Lipinski definition) is 3. The van der Waals surface area contributed by atoms with E-state index in [1.54, 1.807) is 0 Å². The van der Waals surface area contributed by atoms with Crippen LogP contribution in [0.5, 0.6) is 0 Å². The van der Waals surface area contributed by atoms with Crippen molar-refractivity contribution in [3.8, 4) is 0 Å². The smallest absolute Gasteiger partial charge is 0.183 e. The van der Waals surface area contributed by atoms with Crippen molar-refractivity contribution in [2.75, 3.05) is 6.61 Å². The maximum atomic E-state index is 8.86. The molecular weight excluding hydrogens is 124 g/mol. The molecule has 0 saturated carbocycles. The number of aliphatic hydroxyl groups is 3. The van der Waals surface area contributed by atoms with Crippen LogP contribution >= 0.6 is 0 Å². The minimum Gasteiger partial charge on any atom is -0.390 e. The molecule has 0 aromatic rings. The minimum atomic E-state index is -1.21. The van der Waals surface area contributed by atoms with Crippen molar-refractivity contribution < 1.29 is 20.1 Å². The summed E-state index contributed by atoms with van der Waals surface area (Å²) in [6.45, 7) is 0.305. The highest BCUT2D eigenvalue weighted by molar-refractivity contribution is 4.73. The third-order valence-electron chi connectivity index (χ3n) is 1.39. The topological polar surface area (TPSA) is 69.9 Å². The number of ether oxygens (including phenoxy) is 1. The maximum Gasteiger partial charge on any atom is 0.183 e. The van der Waals surface area contributed by atoms with Gasteiger partial charge in [0.1, 0.15) is 6.10 Å². The van der Waals surface area contributed by atoms with Crippen LogP contribution in [-0.4, -0.2) is 40.4 Å². The zero-order valence-electron chi connectivity index (χ0n) is 4.90. The summed E-state index contributed by atoms with van der Waals surface area (Å²) in [6, 6.07) is 0. The zero-order valence-corrected chi connectivity index (χ0v) is 4.90. The predicted molar refractivity (Wildman–Crippen MR) is 28.6 cm³/mol. The Morgan fingerprint density at radius 2 is 1.89 bits per heavy atom. The van der Waals surface area contributed by atoms with Gasteiger partial charge in [-0.25, -0.2) is 0 Å². The first kappa shape index (κ1) is 6.95. The summed E-state index contributed by atoms with van der Waals surface area (Å²) in [4.78, 5) is 0. The molecule has 0 amide bonds. The van der Waals surface area contributed by atoms with E-state index >= 15 is 0 Å². The summed E-state index contributed by atoms with van der Waals surface area (Å²) in [7, 11) is 0. The van der Waals surface area contributed by atoms with Gasteiger partial charge in [0.25, 0.3) is 0 Å². The molecule has 9 heavy (non-hydrogen) atoms. The molecule has 0 spiro atoms. The van der Waals surface area contributed by atoms with E-state index in [0.29, 0.717) is 13.0 Å². The van der Waals surface area contributed by atoms with E-state index in [1.807, 2.05) is 0 Å². The third-order valence-corrected chi connectivity index (χ3v) is 1.39. The summed E-state index contributed by atoms with van der Waals surface area (Å²) < 4.78 is 4.61. The second-order valence-electron chi connectivity index (χ2n) is 2.11. The van der Waals surface area contributed by atoms with Crippen LogP contribution in [0.3, 0.4) is 0 Å². The molecule has 0 aliphatic carbocycles. The predicted octanol–water partition coefficient (Wildman–Crippen LogP) is -1.55. The molecule has 4 heteroatoms. The molecule has 1 aliphatic heterocycles. The molecule has 0 aromatic carbocycles. The molecule has 0 aromatic heterocycles. The van der Waals surface area contributed by atoms with Gasteiger partial charge in [-0.1, -0.05) is 0 Å². The minimum absolute atomic E-state index is 0.305. The second kappa shape index (κ2) is 2.62. The standard InChI is InChI=1S/C5H10O4/c6-3-1-2-9-5(8)4(3)7/h3-8H,1-2H2/t3-,4?,5?/m0/s1. The number of hydrogen-bond acceptors (Lipinski definition) is 4. The van der Waals surface area contributed by atoms with Crippen molar-refractivity contribution in [3.05, 3.63) is 0 Å². The Hall–Kier alpha value is -0.160. The lowest BCUT2D eigenvalue weighted by molar-refractivity contribution is -0.219. The molecule has 3 atom stereocenters. The SMILES string of the molecule is OC1OCC[C@H](O)C1O. The molecule has 0 radical (unpaired) electrons. The number of aliphatic hydroxyl groups excluding tert-OH is 3. The molecule has 54 valence electrons. The summed E-state index contributed by atoms with van der Waals surface area (Å²) in [5.74, 6) is 0. The van der Waals surface area contributed by atoms with E-state index in [4.69, 9.17) is 15.3 Å². The van der Waals surface area contributed by atoms with Crippen LogP contribution in [0.25, 0.3) is 0 Å². The van der Waals surface area contributed by atoms with Crippen LogP contribution in [0, 0.1) is 0 Å². The highest BCUT2D eigenvalue weighted by Crippen LogP contribution is 2.11. The van der Waals surface area contributed by atoms with Crippen LogP contribution in [-0.2, 0) is 4.74 Å². The Morgan fingerprint density at radius 3 is 2.33 bits per heavy atom. The molecular formula is C5H10O4. The second-order valence-corrected chi connectivity index (χ2v) is 2.11. The van der Waals surface area contributed by atoms with Crippen LogP contribution in [0.15, 0.2) is 0 Å². The van der Waals surface area contributed by atoms with Crippen molar-refractivity contribution in [1.29, 1.82) is 0 Å². The van der Waals surface area contributed by atoms with Crippen molar-refractivity contribution in [3.63, 3.8) is 0 Å². The Balaban J connectivity index is 2.41. The van der Waals surface area contributed by atoms with E-state index < -0.39 is 18.5 Å². The molecule has 1 heterocycles. The van der Waals surface area contributed by atoms with Crippen molar-refractivity contribution >= 4 is 0 Å². The molecule has 1 rings (SSSR count). The van der Waals surface area contributed by atoms with Gasteiger partial charge in [-0.3, -0.25) is 0 Å². The Bertz CT molecular complexity index is 85.0. The molecule has 2 unspecified atom stereocenters. The van der Waals surface area contributed by atoms with Crippen LogP contribution in [0.1, 0.15) is 6.42 Å². The van der Waals surface area contributed by atoms with Crippen LogP contribution in [0.4, 0.5) is 0 Å². The molecule has 1 fully saturated rings. The van der Waals surface area contributed by atoms with Gasteiger partial charge in [-0.2, -0.15) is 0 Å². The Labute approximate surface area is 52.7 Å². The maximum absolute atomic E-state index is 8.86. The van der Waals surface area contributed by atoms with Gasteiger partial charge in [0.05, 0.1) is 12.7 Å². The van der Waals surface area contributed by atoms with E-state index in [1.165, 1.54) is 0 Å². The zero-order chi connectivity index (χ0) is 6.85. The third kappa shape index (κ3) is 1.40. The summed E-state index contributed by atoms with van der Waals surface area (Å²) in [5.41, 5.74) is 0. The molecule has 4 nitrogen and oxygen atoms in total.